The van der Waals surface area contributed by atoms with Gasteiger partial charge in [-0.1, -0.05) is 24.3 Å². The van der Waals surface area contributed by atoms with Gasteiger partial charge in [0.2, 0.25) is 5.91 Å². The van der Waals surface area contributed by atoms with Gasteiger partial charge >= 0.3 is 0 Å². The molecule has 2 aromatic carbocycles. The second-order valence-electron chi connectivity index (χ2n) is 8.87. The van der Waals surface area contributed by atoms with Crippen LogP contribution in [0.5, 0.6) is 5.75 Å². The minimum Gasteiger partial charge on any atom is -0.476 e. The molecule has 1 fully saturated rings. The van der Waals surface area contributed by atoms with Crippen molar-refractivity contribution in [2.45, 2.75) is 38.2 Å². The van der Waals surface area contributed by atoms with Gasteiger partial charge in [0.25, 0.3) is 11.5 Å². The van der Waals surface area contributed by atoms with E-state index in [9.17, 15) is 14.4 Å². The Morgan fingerprint density at radius 3 is 2.59 bits per heavy atom. The van der Waals surface area contributed by atoms with Crippen molar-refractivity contribution in [3.63, 3.8) is 0 Å². The number of anilines is 1. The predicted octanol–water partition coefficient (Wildman–Crippen LogP) is 2.67. The molecule has 0 bridgehead atoms. The third-order valence-electron chi connectivity index (χ3n) is 6.66. The largest absolute Gasteiger partial charge is 0.476 e. The maximum absolute atomic E-state index is 13.4. The third kappa shape index (κ3) is 4.16. The second-order valence-corrected chi connectivity index (χ2v) is 8.87. The van der Waals surface area contributed by atoms with E-state index in [0.29, 0.717) is 34.6 Å². The topological polar surface area (TPSA) is 84.7 Å². The van der Waals surface area contributed by atoms with Crippen LogP contribution in [0.15, 0.2) is 53.3 Å². The highest BCUT2D eigenvalue weighted by atomic mass is 16.5. The number of benzene rings is 2. The lowest BCUT2D eigenvalue weighted by molar-refractivity contribution is -0.139. The molecule has 2 amide bonds. The molecule has 176 valence electrons. The molecule has 0 N–H and O–H groups in total. The van der Waals surface area contributed by atoms with Crippen molar-refractivity contribution in [1.29, 1.82) is 0 Å². The zero-order valence-corrected chi connectivity index (χ0v) is 19.3. The lowest BCUT2D eigenvalue weighted by atomic mass is 10.1. The molecule has 0 spiro atoms. The van der Waals surface area contributed by atoms with Gasteiger partial charge in [-0.3, -0.25) is 19.0 Å². The molecule has 8 heteroatoms. The highest BCUT2D eigenvalue weighted by Crippen LogP contribution is 2.34. The Balaban J connectivity index is 1.36. The van der Waals surface area contributed by atoms with Gasteiger partial charge in [0, 0.05) is 33.0 Å². The fourth-order valence-corrected chi connectivity index (χ4v) is 4.76. The van der Waals surface area contributed by atoms with Crippen molar-refractivity contribution < 1.29 is 14.3 Å². The van der Waals surface area contributed by atoms with Crippen LogP contribution in [0.2, 0.25) is 0 Å². The van der Waals surface area contributed by atoms with Gasteiger partial charge in [0.15, 0.2) is 6.10 Å². The molecule has 1 aromatic heterocycles. The van der Waals surface area contributed by atoms with E-state index >= 15 is 0 Å². The van der Waals surface area contributed by atoms with Crippen LogP contribution >= 0.6 is 0 Å². The summed E-state index contributed by atoms with van der Waals surface area (Å²) < 4.78 is 7.54. The number of amides is 2. The summed E-state index contributed by atoms with van der Waals surface area (Å²) in [5.74, 6) is 0.897. The lowest BCUT2D eigenvalue weighted by Crippen LogP contribution is -2.52. The van der Waals surface area contributed by atoms with E-state index in [4.69, 9.17) is 4.74 Å². The van der Waals surface area contributed by atoms with Gasteiger partial charge in [-0.15, -0.1) is 0 Å². The van der Waals surface area contributed by atoms with Crippen LogP contribution in [0, 0.1) is 0 Å². The van der Waals surface area contributed by atoms with Crippen molar-refractivity contribution in [3.8, 4) is 5.75 Å². The van der Waals surface area contributed by atoms with Crippen molar-refractivity contribution in [3.05, 3.63) is 64.7 Å². The number of rotatable bonds is 4. The van der Waals surface area contributed by atoms with Crippen LogP contribution in [-0.4, -0.2) is 52.0 Å². The number of piperidine rings is 1. The predicted molar refractivity (Wildman–Crippen MR) is 129 cm³/mol. The zero-order chi connectivity index (χ0) is 23.7. The first kappa shape index (κ1) is 22.1. The first-order valence-corrected chi connectivity index (χ1v) is 11.8. The summed E-state index contributed by atoms with van der Waals surface area (Å²) in [5.41, 5.74) is 1.16. The molecule has 1 atom stereocenters. The molecular formula is C26H28N4O4. The van der Waals surface area contributed by atoms with Gasteiger partial charge in [0.05, 0.1) is 23.1 Å². The van der Waals surface area contributed by atoms with E-state index in [1.165, 1.54) is 4.57 Å². The van der Waals surface area contributed by atoms with E-state index in [-0.39, 0.29) is 30.3 Å². The average Bonchev–Trinajstić information content (AvgIpc) is 2.89. The van der Waals surface area contributed by atoms with Gasteiger partial charge in [0.1, 0.15) is 11.6 Å². The summed E-state index contributed by atoms with van der Waals surface area (Å²) in [4.78, 5) is 47.3. The number of aryl methyl sites for hydroxylation is 1. The van der Waals surface area contributed by atoms with E-state index in [1.807, 2.05) is 35.2 Å². The number of ether oxygens (including phenoxy) is 1. The summed E-state index contributed by atoms with van der Waals surface area (Å²) >= 11 is 0. The summed E-state index contributed by atoms with van der Waals surface area (Å²) in [5, 5.41) is 0.557. The molecule has 2 aliphatic heterocycles. The number of likely N-dealkylation sites (tertiary alicyclic amines) is 1. The van der Waals surface area contributed by atoms with Crippen molar-refractivity contribution in [2.75, 3.05) is 24.5 Å². The third-order valence-corrected chi connectivity index (χ3v) is 6.66. The molecule has 34 heavy (non-hydrogen) atoms. The minimum atomic E-state index is -0.722. The summed E-state index contributed by atoms with van der Waals surface area (Å²) in [6.45, 7) is 1.64. The van der Waals surface area contributed by atoms with Crippen LogP contribution in [0.3, 0.4) is 0 Å². The maximum atomic E-state index is 13.4. The molecule has 8 nitrogen and oxygen atoms in total. The summed E-state index contributed by atoms with van der Waals surface area (Å²) in [6, 6.07) is 14.5. The van der Waals surface area contributed by atoms with Gasteiger partial charge in [-0.25, -0.2) is 4.98 Å². The fraction of sp³-hybridized carbons (Fsp3) is 0.385. The smallest absolute Gasteiger partial charge is 0.265 e. The Hall–Kier alpha value is -3.68. The number of fused-ring (bicyclic) bond motifs is 2. The molecule has 3 aromatic rings. The molecule has 2 aliphatic rings. The molecule has 5 rings (SSSR count). The number of para-hydroxylation sites is 3. The van der Waals surface area contributed by atoms with Crippen LogP contribution in [0.25, 0.3) is 10.9 Å². The SMILES string of the molecule is Cn1c(CCC(=O)N2C[C@H](C(=O)N3CCCCC3)Oc3ccccc32)nc2ccccc2c1=O. The van der Waals surface area contributed by atoms with Crippen LogP contribution < -0.4 is 15.2 Å². The Morgan fingerprint density at radius 1 is 1.03 bits per heavy atom. The number of hydrogen-bond donors (Lipinski definition) is 0. The Bertz CT molecular complexity index is 1300. The minimum absolute atomic E-state index is 0.0643. The number of nitrogens with zero attached hydrogens (tertiary/aromatic N) is 4. The van der Waals surface area contributed by atoms with Crippen LogP contribution in [0.4, 0.5) is 5.69 Å². The number of carbonyl (C=O) groups excluding carboxylic acids is 2. The van der Waals surface area contributed by atoms with Crippen LogP contribution in [0.1, 0.15) is 31.5 Å². The van der Waals surface area contributed by atoms with E-state index in [2.05, 4.69) is 4.98 Å². The van der Waals surface area contributed by atoms with Gasteiger partial charge < -0.3 is 14.5 Å². The number of carbonyl (C=O) groups is 2. The normalized spacial score (nSPS) is 17.9. The monoisotopic (exact) mass is 460 g/mol. The van der Waals surface area contributed by atoms with Crippen molar-refractivity contribution in [1.82, 2.24) is 14.5 Å². The highest BCUT2D eigenvalue weighted by Gasteiger charge is 2.36. The highest BCUT2D eigenvalue weighted by molar-refractivity contribution is 5.97. The first-order chi connectivity index (χ1) is 16.5. The van der Waals surface area contributed by atoms with Gasteiger partial charge in [-0.2, -0.15) is 0 Å². The number of hydrogen-bond acceptors (Lipinski definition) is 5. The Kier molecular flexibility index (Phi) is 6.04. The lowest BCUT2D eigenvalue weighted by Gasteiger charge is -2.37. The van der Waals surface area contributed by atoms with Crippen LogP contribution in [-0.2, 0) is 23.1 Å². The molecular weight excluding hydrogens is 432 g/mol. The Labute approximate surface area is 197 Å². The Morgan fingerprint density at radius 2 is 1.76 bits per heavy atom. The number of aromatic nitrogens is 2. The molecule has 0 aliphatic carbocycles. The summed E-state index contributed by atoms with van der Waals surface area (Å²) in [7, 11) is 1.68. The molecule has 1 saturated heterocycles. The van der Waals surface area contributed by atoms with Crippen molar-refractivity contribution >= 4 is 28.4 Å². The van der Waals surface area contributed by atoms with Crippen molar-refractivity contribution in [2.24, 2.45) is 7.05 Å². The zero-order valence-electron chi connectivity index (χ0n) is 19.3. The van der Waals surface area contributed by atoms with Gasteiger partial charge in [-0.05, 0) is 43.5 Å². The average molecular weight is 461 g/mol. The van der Waals surface area contributed by atoms with E-state index in [1.54, 1.807) is 30.1 Å². The maximum Gasteiger partial charge on any atom is 0.265 e. The first-order valence-electron chi connectivity index (χ1n) is 11.8. The molecule has 3 heterocycles. The standard InChI is InChI=1S/C26H28N4O4/c1-28-23(27-19-10-4-3-9-18(19)25(28)32)13-14-24(31)30-17-22(26(33)29-15-7-2-8-16-29)34-21-12-6-5-11-20(21)30/h3-6,9-12,22H,2,7-8,13-17H2,1H3/t22-/m1/s1. The molecule has 0 saturated carbocycles. The second kappa shape index (κ2) is 9.29. The van der Waals surface area contributed by atoms with E-state index < -0.39 is 6.10 Å². The van der Waals surface area contributed by atoms with E-state index in [0.717, 1.165) is 32.4 Å². The molecule has 0 radical (unpaired) electrons. The summed E-state index contributed by atoms with van der Waals surface area (Å²) in [6.07, 6.45) is 2.88. The fourth-order valence-electron chi connectivity index (χ4n) is 4.76. The molecule has 0 unspecified atom stereocenters. The quantitative estimate of drug-likeness (QED) is 0.598.